The van der Waals surface area contributed by atoms with Gasteiger partial charge in [0, 0.05) is 62.6 Å². The van der Waals surface area contributed by atoms with Gasteiger partial charge in [0.05, 0.1) is 5.71 Å². The van der Waals surface area contributed by atoms with Gasteiger partial charge in [0.2, 0.25) is 0 Å². The SMILES string of the molecule is C.C.CC(C)(C)OC(=O)Nc1cc(CN2CCC(O)([C-]=O)CC2)ccn1.CON=C(c1ccc(Cl)cc1)C1CCN(C(=O)C2(O)CCN(Cc3ccnc(N)c3)CC2)CC1.[Li+].[OH-]. The molecule has 0 bridgehead atoms. The van der Waals surface area contributed by atoms with Crippen molar-refractivity contribution in [2.24, 2.45) is 11.1 Å². The third kappa shape index (κ3) is 16.5. The maximum Gasteiger partial charge on any atom is 1.00 e. The van der Waals surface area contributed by atoms with E-state index in [1.807, 2.05) is 47.4 Å². The summed E-state index contributed by atoms with van der Waals surface area (Å²) < 4.78 is 5.20. The normalized spacial score (nSPS) is 17.8. The van der Waals surface area contributed by atoms with Gasteiger partial charge in [-0.05, 0) is 131 Å². The van der Waals surface area contributed by atoms with Crippen LogP contribution in [0.25, 0.3) is 0 Å². The van der Waals surface area contributed by atoms with Gasteiger partial charge in [-0.15, -0.1) is 0 Å². The van der Waals surface area contributed by atoms with Gasteiger partial charge in [0.15, 0.2) is 0 Å². The molecule has 0 radical (unpaired) electrons. The first-order valence-corrected chi connectivity index (χ1v) is 20.1. The smallest absolute Gasteiger partial charge is 0.870 e. The van der Waals surface area contributed by atoms with Gasteiger partial charge in [-0.2, -0.15) is 0 Å². The van der Waals surface area contributed by atoms with Crippen LogP contribution in [0, 0.1) is 5.92 Å². The second kappa shape index (κ2) is 25.2. The number of anilines is 2. The van der Waals surface area contributed by atoms with E-state index in [1.165, 1.54) is 0 Å². The fraction of sp³-hybridized carbons (Fsp3) is 0.545. The number of piperidine rings is 3. The number of aromatic nitrogens is 2. The second-order valence-electron chi connectivity index (χ2n) is 16.2. The third-order valence-corrected chi connectivity index (χ3v) is 10.8. The zero-order chi connectivity index (χ0) is 41.9. The van der Waals surface area contributed by atoms with E-state index in [9.17, 15) is 24.6 Å². The van der Waals surface area contributed by atoms with Crippen LogP contribution in [0.15, 0.2) is 66.1 Å². The molecule has 3 aliphatic rings. The number of likely N-dealkylation sites (tertiary alicyclic amines) is 3. The van der Waals surface area contributed by atoms with Crippen LogP contribution >= 0.6 is 11.6 Å². The Morgan fingerprint density at radius 2 is 1.44 bits per heavy atom. The Morgan fingerprint density at radius 1 is 0.903 bits per heavy atom. The Morgan fingerprint density at radius 3 is 1.95 bits per heavy atom. The van der Waals surface area contributed by atoms with Crippen LogP contribution in [0.2, 0.25) is 5.02 Å². The summed E-state index contributed by atoms with van der Waals surface area (Å²) in [6.07, 6.45) is 7.64. The van der Waals surface area contributed by atoms with Crippen LogP contribution in [0.1, 0.15) is 90.8 Å². The number of nitrogen functional groups attached to an aromatic ring is 1. The van der Waals surface area contributed by atoms with E-state index in [4.69, 9.17) is 26.9 Å². The Labute approximate surface area is 384 Å². The van der Waals surface area contributed by atoms with Gasteiger partial charge < -0.3 is 40.7 Å². The standard InChI is InChI=1S/C25H32ClN5O3.C17H24N3O4.2CH4.Li.H2O/c1-34-29-23(19-2-4-21(26)5-3-19)20-7-12-31(13-8-20)24(32)25(33)9-14-30(15-10-25)17-18-6-11-28-22(27)16-18;1-16(2,3)24-15(22)19-14-10-13(4-7-18-14)11-20-8-5-17(23,12-21)6-9-20;;;;/h2-6,11,16,20,33H,7-10,12-15,17H2,1H3,(H2,27,28);4,7,10,23H,5-6,8-9,11H2,1-3H3,(H,18,19,22);2*1H4;;1H2/q;-1;;;+1;/p-1. The molecule has 5 heterocycles. The van der Waals surface area contributed by atoms with E-state index in [1.54, 1.807) is 52.6 Å². The molecule has 3 fully saturated rings. The summed E-state index contributed by atoms with van der Waals surface area (Å²) in [5.74, 6) is 0.945. The van der Waals surface area contributed by atoms with Crippen molar-refractivity contribution < 1.29 is 58.5 Å². The molecule has 1 aromatic carbocycles. The number of hydrogen-bond acceptors (Lipinski definition) is 14. The van der Waals surface area contributed by atoms with Crippen molar-refractivity contribution in [2.45, 2.75) is 104 Å². The van der Waals surface area contributed by atoms with Crippen LogP contribution in [-0.2, 0) is 32.3 Å². The summed E-state index contributed by atoms with van der Waals surface area (Å²) in [5, 5.41) is 28.6. The number of pyridine rings is 2. The number of aliphatic hydroxyl groups is 2. The van der Waals surface area contributed by atoms with Gasteiger partial charge in [-0.3, -0.25) is 19.9 Å². The van der Waals surface area contributed by atoms with Crippen molar-refractivity contribution in [1.29, 1.82) is 0 Å². The van der Waals surface area contributed by atoms with Gasteiger partial charge in [0.25, 0.3) is 5.91 Å². The number of halogens is 1. The van der Waals surface area contributed by atoms with Gasteiger partial charge in [-0.1, -0.05) is 43.7 Å². The summed E-state index contributed by atoms with van der Waals surface area (Å²) in [6, 6.07) is 15.0. The molecule has 16 nitrogen and oxygen atoms in total. The first-order valence-electron chi connectivity index (χ1n) is 19.7. The van der Waals surface area contributed by atoms with Gasteiger partial charge >= 0.3 is 25.0 Å². The predicted molar refractivity (Wildman–Crippen MR) is 237 cm³/mol. The minimum Gasteiger partial charge on any atom is -0.870 e. The minimum absolute atomic E-state index is 0. The molecule has 18 heteroatoms. The van der Waals surface area contributed by atoms with E-state index >= 15 is 0 Å². The quantitative estimate of drug-likeness (QED) is 0.0997. The molecular weight excluding hydrogens is 811 g/mol. The molecule has 3 aromatic rings. The first-order chi connectivity index (χ1) is 27.6. The fourth-order valence-electron chi connectivity index (χ4n) is 7.37. The largest absolute Gasteiger partial charge is 1.00 e. The van der Waals surface area contributed by atoms with Crippen LogP contribution in [0.5, 0.6) is 0 Å². The second-order valence-corrected chi connectivity index (χ2v) is 16.7. The third-order valence-electron chi connectivity index (χ3n) is 10.6. The number of benzene rings is 1. The molecule has 3 saturated heterocycles. The number of carbonyl (C=O) groups excluding carboxylic acids is 3. The number of amides is 2. The number of nitrogens with two attached hydrogens (primary N) is 1. The molecule has 338 valence electrons. The Bertz CT molecular complexity index is 1880. The van der Waals surface area contributed by atoms with Crippen molar-refractivity contribution in [3.63, 3.8) is 0 Å². The van der Waals surface area contributed by atoms with Gasteiger partial charge in [0.1, 0.15) is 29.9 Å². The van der Waals surface area contributed by atoms with Crippen molar-refractivity contribution in [1.82, 2.24) is 24.7 Å². The number of oxime groups is 1. The topological polar surface area (TPSA) is 226 Å². The number of carbonyl (C=O) groups is 2. The molecule has 6 N–H and O–H groups in total. The summed E-state index contributed by atoms with van der Waals surface area (Å²) in [5.41, 5.74) is 6.50. The molecule has 0 unspecified atom stereocenters. The summed E-state index contributed by atoms with van der Waals surface area (Å²) in [6.45, 7) is 10.5. The number of rotatable bonds is 10. The maximum atomic E-state index is 13.3. The molecule has 6 rings (SSSR count). The molecule has 2 aromatic heterocycles. The zero-order valence-corrected chi connectivity index (χ0v) is 36.0. The minimum atomic E-state index is -1.31. The molecule has 2 amide bonds. The number of hydrogen-bond donors (Lipinski definition) is 4. The van der Waals surface area contributed by atoms with Crippen molar-refractivity contribution in [2.75, 3.05) is 57.4 Å². The number of nitrogens with zero attached hydrogens (tertiary/aromatic N) is 6. The molecule has 3 aliphatic heterocycles. The molecule has 0 saturated carbocycles. The Kier molecular flexibility index (Phi) is 22.8. The van der Waals surface area contributed by atoms with Crippen LogP contribution in [0.4, 0.5) is 16.4 Å². The summed E-state index contributed by atoms with van der Waals surface area (Å²) >= 11 is 6.03. The van der Waals surface area contributed by atoms with E-state index < -0.39 is 22.9 Å². The fourth-order valence-corrected chi connectivity index (χ4v) is 7.49. The average molecular weight is 876 g/mol. The summed E-state index contributed by atoms with van der Waals surface area (Å²) in [4.78, 5) is 55.2. The van der Waals surface area contributed by atoms with Crippen LogP contribution in [-0.4, -0.2) is 128 Å². The predicted octanol–water partition coefficient (Wildman–Crippen LogP) is 2.90. The molecule has 62 heavy (non-hydrogen) atoms. The van der Waals surface area contributed by atoms with Crippen molar-refractivity contribution >= 4 is 47.2 Å². The molecule has 0 spiro atoms. The first kappa shape index (κ1) is 55.9. The molecule has 0 aliphatic carbocycles. The Balaban J connectivity index is 0.000000614. The van der Waals surface area contributed by atoms with Crippen molar-refractivity contribution in [3.8, 4) is 0 Å². The van der Waals surface area contributed by atoms with E-state index in [2.05, 4.69) is 30.2 Å². The van der Waals surface area contributed by atoms with Gasteiger partial charge in [-0.25, -0.2) is 21.0 Å². The molecular formula is C44H65ClLiN8O8-. The average Bonchev–Trinajstić information content (AvgIpc) is 3.19. The van der Waals surface area contributed by atoms with Crippen LogP contribution in [0.3, 0.4) is 0 Å². The Hall–Kier alpha value is -4.11. The number of ether oxygens (including phenoxy) is 1. The van der Waals surface area contributed by atoms with Crippen LogP contribution < -0.4 is 29.9 Å². The molecule has 0 atom stereocenters. The van der Waals surface area contributed by atoms with E-state index in [-0.39, 0.29) is 51.0 Å². The number of nitrogens with one attached hydrogen (secondary N) is 1. The summed E-state index contributed by atoms with van der Waals surface area (Å²) in [7, 11) is 1.54. The zero-order valence-electron chi connectivity index (χ0n) is 35.3. The maximum absolute atomic E-state index is 13.3. The monoisotopic (exact) mass is 875 g/mol. The van der Waals surface area contributed by atoms with E-state index in [0.29, 0.717) is 88.2 Å². The van der Waals surface area contributed by atoms with E-state index in [0.717, 1.165) is 41.8 Å². The van der Waals surface area contributed by atoms with Crippen molar-refractivity contribution in [3.05, 3.63) is 82.6 Å².